The SMILES string of the molecule is CC1(C)OB([C@H]2[C@@H]3CC[C@@H](C3)[C@H]2c2ccccc2)OC1(C)C. The van der Waals surface area contributed by atoms with Crippen molar-refractivity contribution in [1.82, 2.24) is 0 Å². The molecule has 2 aliphatic carbocycles. The number of benzene rings is 1. The Hall–Kier alpha value is -0.795. The van der Waals surface area contributed by atoms with E-state index >= 15 is 0 Å². The summed E-state index contributed by atoms with van der Waals surface area (Å²) in [5, 5.41) is 0. The van der Waals surface area contributed by atoms with E-state index in [2.05, 4.69) is 58.0 Å². The van der Waals surface area contributed by atoms with E-state index in [1.807, 2.05) is 0 Å². The van der Waals surface area contributed by atoms with Crippen molar-refractivity contribution in [1.29, 1.82) is 0 Å². The molecule has 1 saturated heterocycles. The van der Waals surface area contributed by atoms with E-state index in [0.717, 1.165) is 11.8 Å². The van der Waals surface area contributed by atoms with Crippen LogP contribution >= 0.6 is 0 Å². The van der Waals surface area contributed by atoms with Gasteiger partial charge in [0.15, 0.2) is 0 Å². The molecule has 2 nitrogen and oxygen atoms in total. The molecule has 4 atom stereocenters. The van der Waals surface area contributed by atoms with Crippen LogP contribution in [0, 0.1) is 11.8 Å². The van der Waals surface area contributed by atoms with Crippen molar-refractivity contribution in [2.45, 2.75) is 69.9 Å². The minimum absolute atomic E-state index is 0.0505. The van der Waals surface area contributed by atoms with Crippen LogP contribution in [0.1, 0.15) is 58.4 Å². The molecule has 0 radical (unpaired) electrons. The van der Waals surface area contributed by atoms with E-state index < -0.39 is 0 Å². The smallest absolute Gasteiger partial charge is 0.403 e. The summed E-state index contributed by atoms with van der Waals surface area (Å²) in [4.78, 5) is 0. The fourth-order valence-corrected chi connectivity index (χ4v) is 4.94. The largest absolute Gasteiger partial charge is 0.462 e. The van der Waals surface area contributed by atoms with Crippen LogP contribution in [0.5, 0.6) is 0 Å². The molecule has 22 heavy (non-hydrogen) atoms. The van der Waals surface area contributed by atoms with Gasteiger partial charge in [-0.1, -0.05) is 36.8 Å². The molecule has 3 heteroatoms. The number of hydrogen-bond acceptors (Lipinski definition) is 2. The standard InChI is InChI=1S/C19H27BO2/c1-18(2)19(3,4)22-20(21-18)17-15-11-10-14(12-15)16(17)13-8-6-5-7-9-13/h5-9,14-17H,10-12H2,1-4H3/t14-,15+,16+,17-/m0/s1. The van der Waals surface area contributed by atoms with Crippen LogP contribution in [-0.2, 0) is 9.31 Å². The van der Waals surface area contributed by atoms with Gasteiger partial charge in [-0.3, -0.25) is 0 Å². The second-order valence-corrected chi connectivity index (χ2v) is 8.47. The van der Waals surface area contributed by atoms with E-state index in [4.69, 9.17) is 9.31 Å². The van der Waals surface area contributed by atoms with Gasteiger partial charge >= 0.3 is 7.12 Å². The van der Waals surface area contributed by atoms with Gasteiger partial charge in [-0.2, -0.15) is 0 Å². The summed E-state index contributed by atoms with van der Waals surface area (Å²) < 4.78 is 12.9. The second kappa shape index (κ2) is 4.85. The van der Waals surface area contributed by atoms with Crippen molar-refractivity contribution in [2.24, 2.45) is 11.8 Å². The molecule has 0 aromatic heterocycles. The van der Waals surface area contributed by atoms with E-state index in [-0.39, 0.29) is 18.3 Å². The molecule has 118 valence electrons. The number of hydrogen-bond donors (Lipinski definition) is 0. The molecule has 0 amide bonds. The monoisotopic (exact) mass is 298 g/mol. The molecule has 1 aliphatic heterocycles. The van der Waals surface area contributed by atoms with Crippen molar-refractivity contribution in [2.75, 3.05) is 0 Å². The summed E-state index contributed by atoms with van der Waals surface area (Å²) in [7, 11) is -0.0505. The number of rotatable bonds is 2. The lowest BCUT2D eigenvalue weighted by molar-refractivity contribution is 0.00578. The zero-order valence-corrected chi connectivity index (χ0v) is 14.2. The zero-order valence-electron chi connectivity index (χ0n) is 14.2. The van der Waals surface area contributed by atoms with Gasteiger partial charge in [-0.15, -0.1) is 0 Å². The van der Waals surface area contributed by atoms with Crippen molar-refractivity contribution in [3.8, 4) is 0 Å². The van der Waals surface area contributed by atoms with Gasteiger partial charge in [0.05, 0.1) is 11.2 Å². The van der Waals surface area contributed by atoms with Gasteiger partial charge in [0.25, 0.3) is 0 Å². The van der Waals surface area contributed by atoms with Crippen LogP contribution in [-0.4, -0.2) is 18.3 Å². The predicted molar refractivity (Wildman–Crippen MR) is 89.8 cm³/mol. The quantitative estimate of drug-likeness (QED) is 0.739. The summed E-state index contributed by atoms with van der Waals surface area (Å²) >= 11 is 0. The van der Waals surface area contributed by atoms with Crippen LogP contribution in [0.3, 0.4) is 0 Å². The molecule has 3 fully saturated rings. The predicted octanol–water partition coefficient (Wildman–Crippen LogP) is 4.66. The fraction of sp³-hybridized carbons (Fsp3) is 0.684. The van der Waals surface area contributed by atoms with Gasteiger partial charge in [-0.25, -0.2) is 0 Å². The minimum atomic E-state index is -0.221. The maximum atomic E-state index is 6.43. The molecular formula is C19H27BO2. The summed E-state index contributed by atoms with van der Waals surface area (Å²) in [6.45, 7) is 8.66. The molecule has 1 heterocycles. The second-order valence-electron chi connectivity index (χ2n) is 8.47. The van der Waals surface area contributed by atoms with Crippen molar-refractivity contribution in [3.63, 3.8) is 0 Å². The van der Waals surface area contributed by atoms with Gasteiger partial charge in [-0.05, 0) is 63.9 Å². The normalized spacial score (nSPS) is 38.6. The molecule has 4 rings (SSSR count). The summed E-state index contributed by atoms with van der Waals surface area (Å²) in [5.41, 5.74) is 1.04. The Morgan fingerprint density at radius 3 is 2.14 bits per heavy atom. The van der Waals surface area contributed by atoms with Crippen molar-refractivity contribution < 1.29 is 9.31 Å². The Morgan fingerprint density at radius 1 is 0.909 bits per heavy atom. The molecule has 2 bridgehead atoms. The Morgan fingerprint density at radius 2 is 1.50 bits per heavy atom. The van der Waals surface area contributed by atoms with Gasteiger partial charge < -0.3 is 9.31 Å². The fourth-order valence-electron chi connectivity index (χ4n) is 4.94. The van der Waals surface area contributed by atoms with Gasteiger partial charge in [0.2, 0.25) is 0 Å². The van der Waals surface area contributed by atoms with E-state index in [0.29, 0.717) is 11.7 Å². The minimum Gasteiger partial charge on any atom is -0.403 e. The molecule has 3 aliphatic rings. The lowest BCUT2D eigenvalue weighted by Crippen LogP contribution is -2.41. The summed E-state index contributed by atoms with van der Waals surface area (Å²) in [5.74, 6) is 2.71. The van der Waals surface area contributed by atoms with Crippen molar-refractivity contribution >= 4 is 7.12 Å². The molecule has 0 spiro atoms. The third-order valence-electron chi connectivity index (χ3n) is 6.75. The maximum Gasteiger partial charge on any atom is 0.462 e. The first-order valence-corrected chi connectivity index (χ1v) is 8.80. The Balaban J connectivity index is 1.66. The van der Waals surface area contributed by atoms with Crippen LogP contribution in [0.4, 0.5) is 0 Å². The van der Waals surface area contributed by atoms with Gasteiger partial charge in [0, 0.05) is 5.82 Å². The highest BCUT2D eigenvalue weighted by Crippen LogP contribution is 2.62. The molecule has 0 N–H and O–H groups in total. The van der Waals surface area contributed by atoms with E-state index in [1.165, 1.54) is 24.8 Å². The average Bonchev–Trinajstić information content (AvgIpc) is 3.12. The number of fused-ring (bicyclic) bond motifs is 2. The third-order valence-corrected chi connectivity index (χ3v) is 6.75. The average molecular weight is 298 g/mol. The van der Waals surface area contributed by atoms with Crippen LogP contribution in [0.15, 0.2) is 30.3 Å². The highest BCUT2D eigenvalue weighted by molar-refractivity contribution is 6.48. The van der Waals surface area contributed by atoms with Crippen LogP contribution in [0.2, 0.25) is 5.82 Å². The Kier molecular flexibility index (Phi) is 3.26. The van der Waals surface area contributed by atoms with E-state index in [9.17, 15) is 0 Å². The van der Waals surface area contributed by atoms with Crippen LogP contribution < -0.4 is 0 Å². The third kappa shape index (κ3) is 2.09. The topological polar surface area (TPSA) is 18.5 Å². The highest BCUT2D eigenvalue weighted by Gasteiger charge is 2.61. The first-order valence-electron chi connectivity index (χ1n) is 8.80. The molecule has 2 saturated carbocycles. The lowest BCUT2D eigenvalue weighted by Gasteiger charge is -2.32. The summed E-state index contributed by atoms with van der Waals surface area (Å²) in [6.07, 6.45) is 4.08. The molecule has 0 unspecified atom stereocenters. The first kappa shape index (κ1) is 14.8. The maximum absolute atomic E-state index is 6.43. The Bertz CT molecular complexity index is 538. The zero-order chi connectivity index (χ0) is 15.5. The van der Waals surface area contributed by atoms with Gasteiger partial charge in [0.1, 0.15) is 0 Å². The lowest BCUT2D eigenvalue weighted by atomic mass is 9.57. The van der Waals surface area contributed by atoms with E-state index in [1.54, 1.807) is 0 Å². The van der Waals surface area contributed by atoms with Crippen molar-refractivity contribution in [3.05, 3.63) is 35.9 Å². The molecular weight excluding hydrogens is 271 g/mol. The summed E-state index contributed by atoms with van der Waals surface area (Å²) in [6, 6.07) is 11.0. The molecule has 1 aromatic carbocycles. The molecule has 1 aromatic rings. The van der Waals surface area contributed by atoms with Crippen LogP contribution in [0.25, 0.3) is 0 Å². The Labute approximate surface area is 134 Å². The highest BCUT2D eigenvalue weighted by atomic mass is 16.7. The first-order chi connectivity index (χ1) is 10.4.